The third-order valence-corrected chi connectivity index (χ3v) is 4.16. The van der Waals surface area contributed by atoms with E-state index in [1.54, 1.807) is 18.2 Å². The van der Waals surface area contributed by atoms with Crippen molar-refractivity contribution < 1.29 is 19.1 Å². The molecule has 122 valence electrons. The summed E-state index contributed by atoms with van der Waals surface area (Å²) < 4.78 is 12.2. The second-order valence-corrected chi connectivity index (χ2v) is 6.46. The molecule has 24 heavy (non-hydrogen) atoms. The van der Waals surface area contributed by atoms with Crippen LogP contribution in [0.3, 0.4) is 0 Å². The average molecular weight is 387 g/mol. The van der Waals surface area contributed by atoms with E-state index < -0.39 is 0 Å². The maximum atomic E-state index is 12.5. The summed E-state index contributed by atoms with van der Waals surface area (Å²) in [5.74, 6) is 1.09. The first kappa shape index (κ1) is 16.5. The van der Waals surface area contributed by atoms with E-state index in [0.717, 1.165) is 10.0 Å². The van der Waals surface area contributed by atoms with Gasteiger partial charge in [-0.15, -0.1) is 0 Å². The normalized spacial score (nSPS) is 14.5. The molecule has 0 saturated carbocycles. The Bertz CT molecular complexity index is 850. The van der Waals surface area contributed by atoms with Gasteiger partial charge in [-0.3, -0.25) is 9.59 Å². The molecule has 0 atom stereocenters. The second-order valence-electron chi connectivity index (χ2n) is 5.55. The quantitative estimate of drug-likeness (QED) is 0.733. The Labute approximate surface area is 148 Å². The van der Waals surface area contributed by atoms with Crippen LogP contribution in [0.1, 0.15) is 28.4 Å². The number of fused-ring (bicyclic) bond motifs is 1. The Morgan fingerprint density at radius 3 is 2.58 bits per heavy atom. The highest BCUT2D eigenvalue weighted by atomic mass is 79.9. The summed E-state index contributed by atoms with van der Waals surface area (Å²) in [4.78, 5) is 23.6. The molecule has 0 saturated heterocycles. The molecule has 0 aromatic heterocycles. The van der Waals surface area contributed by atoms with E-state index in [2.05, 4.69) is 15.9 Å². The lowest BCUT2D eigenvalue weighted by atomic mass is 10.1. The summed E-state index contributed by atoms with van der Waals surface area (Å²) >= 11 is 3.38. The third kappa shape index (κ3) is 3.26. The van der Waals surface area contributed by atoms with Crippen molar-refractivity contribution in [2.45, 2.75) is 13.8 Å². The maximum Gasteiger partial charge on any atom is 0.231 e. The van der Waals surface area contributed by atoms with Gasteiger partial charge < -0.3 is 9.47 Å². The fraction of sp³-hybridized carbons (Fsp3) is 0.158. The molecular weight excluding hydrogens is 372 g/mol. The molecule has 0 radical (unpaired) electrons. The van der Waals surface area contributed by atoms with E-state index in [0.29, 0.717) is 22.6 Å². The number of benzene rings is 2. The highest BCUT2D eigenvalue weighted by Crippen LogP contribution is 2.39. The van der Waals surface area contributed by atoms with Crippen LogP contribution in [0.4, 0.5) is 0 Å². The van der Waals surface area contributed by atoms with Gasteiger partial charge in [0.2, 0.25) is 5.78 Å². The Kier molecular flexibility index (Phi) is 4.53. The molecule has 0 spiro atoms. The standard InChI is InChI=1S/C19H15BrO4/c1-11(21)10-23-16-8-7-15-18(22)17(24-19(15)12(16)2)9-13-3-5-14(20)6-4-13/h3-9H,10H2,1-2H3/b17-9-. The number of hydrogen-bond acceptors (Lipinski definition) is 4. The van der Waals surface area contributed by atoms with Crippen LogP contribution < -0.4 is 9.47 Å². The van der Waals surface area contributed by atoms with Crippen molar-refractivity contribution in [1.82, 2.24) is 0 Å². The number of ketones is 2. The van der Waals surface area contributed by atoms with Crippen LogP contribution in [0.25, 0.3) is 6.08 Å². The zero-order valence-corrected chi connectivity index (χ0v) is 14.8. The summed E-state index contributed by atoms with van der Waals surface area (Å²) in [6, 6.07) is 11.0. The Balaban J connectivity index is 1.90. The third-order valence-electron chi connectivity index (χ3n) is 3.64. The predicted molar refractivity (Wildman–Crippen MR) is 94.4 cm³/mol. The Morgan fingerprint density at radius 1 is 1.21 bits per heavy atom. The molecule has 0 aliphatic carbocycles. The van der Waals surface area contributed by atoms with Gasteiger partial charge >= 0.3 is 0 Å². The lowest BCUT2D eigenvalue weighted by molar-refractivity contribution is -0.118. The molecule has 3 rings (SSSR count). The largest absolute Gasteiger partial charge is 0.485 e. The van der Waals surface area contributed by atoms with Gasteiger partial charge in [0.1, 0.15) is 18.1 Å². The van der Waals surface area contributed by atoms with Crippen molar-refractivity contribution in [3.05, 3.63) is 63.3 Å². The first-order valence-corrected chi connectivity index (χ1v) is 8.20. The van der Waals surface area contributed by atoms with E-state index in [-0.39, 0.29) is 23.9 Å². The molecule has 1 aliphatic rings. The van der Waals surface area contributed by atoms with Gasteiger partial charge in [0.25, 0.3) is 0 Å². The number of rotatable bonds is 4. The van der Waals surface area contributed by atoms with Gasteiger partial charge in [-0.1, -0.05) is 28.1 Å². The minimum Gasteiger partial charge on any atom is -0.485 e. The predicted octanol–water partition coefficient (Wildman–Crippen LogP) is 4.34. The van der Waals surface area contributed by atoms with E-state index in [1.165, 1.54) is 6.92 Å². The molecule has 0 unspecified atom stereocenters. The smallest absolute Gasteiger partial charge is 0.231 e. The summed E-state index contributed by atoms with van der Waals surface area (Å²) in [5.41, 5.74) is 2.09. The van der Waals surface area contributed by atoms with E-state index in [1.807, 2.05) is 31.2 Å². The van der Waals surface area contributed by atoms with Crippen molar-refractivity contribution in [1.29, 1.82) is 0 Å². The number of Topliss-reactive ketones (excluding diaryl/α,β-unsaturated/α-hetero) is 2. The summed E-state index contributed by atoms with van der Waals surface area (Å²) in [5, 5.41) is 0. The van der Waals surface area contributed by atoms with Crippen LogP contribution in [0.2, 0.25) is 0 Å². The van der Waals surface area contributed by atoms with Crippen LogP contribution in [-0.2, 0) is 4.79 Å². The molecule has 0 bridgehead atoms. The first-order valence-electron chi connectivity index (χ1n) is 7.41. The van der Waals surface area contributed by atoms with Crippen molar-refractivity contribution in [3.8, 4) is 11.5 Å². The molecule has 0 fully saturated rings. The van der Waals surface area contributed by atoms with Gasteiger partial charge in [0, 0.05) is 10.0 Å². The average Bonchev–Trinajstić information content (AvgIpc) is 2.86. The van der Waals surface area contributed by atoms with Crippen LogP contribution in [0.5, 0.6) is 11.5 Å². The topological polar surface area (TPSA) is 52.6 Å². The first-order chi connectivity index (χ1) is 11.5. The van der Waals surface area contributed by atoms with Crippen molar-refractivity contribution in [2.75, 3.05) is 6.61 Å². The maximum absolute atomic E-state index is 12.5. The molecule has 1 heterocycles. The lowest BCUT2D eigenvalue weighted by Crippen LogP contribution is -2.07. The molecule has 0 N–H and O–H groups in total. The zero-order valence-electron chi connectivity index (χ0n) is 13.3. The van der Waals surface area contributed by atoms with Gasteiger partial charge in [-0.05, 0) is 49.8 Å². The number of allylic oxidation sites excluding steroid dienone is 1. The minimum absolute atomic E-state index is 0.00480. The Hall–Kier alpha value is -2.40. The van der Waals surface area contributed by atoms with Crippen molar-refractivity contribution in [2.24, 2.45) is 0 Å². The Morgan fingerprint density at radius 2 is 1.92 bits per heavy atom. The molecule has 5 heteroatoms. The fourth-order valence-corrected chi connectivity index (χ4v) is 2.68. The molecule has 1 aliphatic heterocycles. The van der Waals surface area contributed by atoms with Crippen LogP contribution in [-0.4, -0.2) is 18.2 Å². The van der Waals surface area contributed by atoms with E-state index in [4.69, 9.17) is 9.47 Å². The van der Waals surface area contributed by atoms with Gasteiger partial charge in [-0.2, -0.15) is 0 Å². The number of carbonyl (C=O) groups excluding carboxylic acids is 2. The van der Waals surface area contributed by atoms with Crippen LogP contribution in [0.15, 0.2) is 46.6 Å². The highest BCUT2D eigenvalue weighted by molar-refractivity contribution is 9.10. The van der Waals surface area contributed by atoms with Crippen molar-refractivity contribution in [3.63, 3.8) is 0 Å². The molecule has 2 aromatic rings. The number of hydrogen-bond donors (Lipinski definition) is 0. The molecular formula is C19H15BrO4. The number of ether oxygens (including phenoxy) is 2. The highest BCUT2D eigenvalue weighted by Gasteiger charge is 2.30. The fourth-order valence-electron chi connectivity index (χ4n) is 2.41. The summed E-state index contributed by atoms with van der Waals surface area (Å²) in [6.07, 6.45) is 1.71. The van der Waals surface area contributed by atoms with Crippen LogP contribution in [0, 0.1) is 6.92 Å². The van der Waals surface area contributed by atoms with Gasteiger partial charge in [0.15, 0.2) is 11.5 Å². The molecule has 0 amide bonds. The van der Waals surface area contributed by atoms with E-state index in [9.17, 15) is 9.59 Å². The van der Waals surface area contributed by atoms with E-state index >= 15 is 0 Å². The minimum atomic E-state index is -0.158. The van der Waals surface area contributed by atoms with Gasteiger partial charge in [-0.25, -0.2) is 0 Å². The summed E-state index contributed by atoms with van der Waals surface area (Å²) in [7, 11) is 0. The monoisotopic (exact) mass is 386 g/mol. The van der Waals surface area contributed by atoms with Gasteiger partial charge in [0.05, 0.1) is 5.56 Å². The molecule has 4 nitrogen and oxygen atoms in total. The number of halogens is 1. The number of carbonyl (C=O) groups is 2. The zero-order chi connectivity index (χ0) is 17.3. The van der Waals surface area contributed by atoms with Crippen LogP contribution >= 0.6 is 15.9 Å². The molecule has 2 aromatic carbocycles. The second kappa shape index (κ2) is 6.61. The lowest BCUT2D eigenvalue weighted by Gasteiger charge is -2.10. The van der Waals surface area contributed by atoms with Crippen molar-refractivity contribution >= 4 is 33.6 Å². The summed E-state index contributed by atoms with van der Waals surface area (Å²) in [6.45, 7) is 3.26. The SMILES string of the molecule is CC(=O)COc1ccc2c(c1C)O/C(=C\c1ccc(Br)cc1)C2=O.